The second-order valence-electron chi connectivity index (χ2n) is 10.6. The average Bonchev–Trinajstić information content (AvgIpc) is 3.34. The van der Waals surface area contributed by atoms with Gasteiger partial charge >= 0.3 is 0 Å². The third-order valence-corrected chi connectivity index (χ3v) is 8.21. The van der Waals surface area contributed by atoms with Crippen molar-refractivity contribution in [2.24, 2.45) is 0 Å². The summed E-state index contributed by atoms with van der Waals surface area (Å²) in [6.45, 7) is 2.17. The van der Waals surface area contributed by atoms with Gasteiger partial charge in [0, 0.05) is 16.5 Å². The summed E-state index contributed by atoms with van der Waals surface area (Å²) in [7, 11) is 0. The third kappa shape index (κ3) is 3.41. The van der Waals surface area contributed by atoms with Gasteiger partial charge in [-0.05, 0) is 75.0 Å². The molecule has 0 spiro atoms. The highest BCUT2D eigenvalue weighted by Gasteiger charge is 2.18. The molecule has 1 nitrogen and oxygen atoms in total. The molecule has 0 saturated heterocycles. The van der Waals surface area contributed by atoms with Crippen LogP contribution in [0.1, 0.15) is 5.56 Å². The molecule has 1 heteroatoms. The largest absolute Gasteiger partial charge is 0.309 e. The maximum Gasteiger partial charge on any atom is 0.0541 e. The topological polar surface area (TPSA) is 4.93 Å². The Kier molecular flexibility index (Phi) is 5.11. The lowest BCUT2D eigenvalue weighted by Gasteiger charge is -2.18. The first kappa shape index (κ1) is 22.8. The minimum Gasteiger partial charge on any atom is -0.309 e. The Morgan fingerprint density at radius 2 is 0.800 bits per heavy atom. The number of hydrogen-bond donors (Lipinski definition) is 0. The van der Waals surface area contributed by atoms with Crippen LogP contribution in [0.2, 0.25) is 0 Å². The zero-order valence-corrected chi connectivity index (χ0v) is 22.3. The van der Waals surface area contributed by atoms with Gasteiger partial charge in [0.15, 0.2) is 0 Å². The summed E-state index contributed by atoms with van der Waals surface area (Å²) in [6.07, 6.45) is 0. The van der Waals surface area contributed by atoms with Crippen LogP contribution in [0.4, 0.5) is 0 Å². The predicted molar refractivity (Wildman–Crippen MR) is 171 cm³/mol. The zero-order chi connectivity index (χ0) is 26.6. The quantitative estimate of drug-likeness (QED) is 0.209. The molecule has 0 radical (unpaired) electrons. The van der Waals surface area contributed by atoms with Crippen LogP contribution >= 0.6 is 0 Å². The molecule has 0 fully saturated rings. The van der Waals surface area contributed by atoms with Gasteiger partial charge in [0.2, 0.25) is 0 Å². The summed E-state index contributed by atoms with van der Waals surface area (Å²) in [4.78, 5) is 0. The molecule has 8 aromatic rings. The van der Waals surface area contributed by atoms with Crippen molar-refractivity contribution in [2.75, 3.05) is 0 Å². The van der Waals surface area contributed by atoms with E-state index < -0.39 is 0 Å². The Labute approximate surface area is 233 Å². The molecular weight excluding hydrogens is 482 g/mol. The maximum atomic E-state index is 2.40. The van der Waals surface area contributed by atoms with Gasteiger partial charge in [-0.1, -0.05) is 127 Å². The van der Waals surface area contributed by atoms with Gasteiger partial charge < -0.3 is 4.57 Å². The van der Waals surface area contributed by atoms with Crippen molar-refractivity contribution in [3.8, 4) is 27.9 Å². The molecule has 40 heavy (non-hydrogen) atoms. The van der Waals surface area contributed by atoms with Gasteiger partial charge in [0.1, 0.15) is 0 Å². The van der Waals surface area contributed by atoms with Gasteiger partial charge in [-0.15, -0.1) is 0 Å². The number of hydrogen-bond acceptors (Lipinski definition) is 0. The molecule has 7 aromatic carbocycles. The molecule has 0 saturated carbocycles. The molecule has 0 aliphatic carbocycles. The van der Waals surface area contributed by atoms with E-state index in [1.54, 1.807) is 0 Å². The Bertz CT molecular complexity index is 2120. The Morgan fingerprint density at radius 1 is 0.375 bits per heavy atom. The van der Waals surface area contributed by atoms with Gasteiger partial charge in [-0.25, -0.2) is 0 Å². The Balaban J connectivity index is 1.45. The molecule has 0 N–H and O–H groups in total. The summed E-state index contributed by atoms with van der Waals surface area (Å²) in [5, 5.41) is 7.67. The van der Waals surface area contributed by atoms with E-state index in [1.807, 2.05) is 0 Å². The van der Waals surface area contributed by atoms with Crippen LogP contribution in [0, 0.1) is 6.92 Å². The van der Waals surface area contributed by atoms with E-state index in [0.29, 0.717) is 0 Å². The van der Waals surface area contributed by atoms with E-state index in [-0.39, 0.29) is 0 Å². The van der Waals surface area contributed by atoms with Crippen molar-refractivity contribution in [1.82, 2.24) is 4.57 Å². The molecule has 1 heterocycles. The second-order valence-corrected chi connectivity index (χ2v) is 10.6. The summed E-state index contributed by atoms with van der Waals surface area (Å²) in [6, 6.07) is 53.1. The lowest BCUT2D eigenvalue weighted by Crippen LogP contribution is -1.95. The number of aryl methyl sites for hydroxylation is 1. The van der Waals surface area contributed by atoms with Crippen molar-refractivity contribution >= 4 is 43.4 Å². The SMILES string of the molecule is Cc1cccc(-c2c3ccccc3c(-c3cccc(-n4c5ccccc5c5ccccc54)c3)c3ccccc23)c1. The van der Waals surface area contributed by atoms with Crippen LogP contribution in [-0.4, -0.2) is 4.57 Å². The molecule has 0 aliphatic rings. The van der Waals surface area contributed by atoms with Gasteiger partial charge in [0.05, 0.1) is 11.0 Å². The first-order valence-corrected chi connectivity index (χ1v) is 13.9. The number of fused-ring (bicyclic) bond motifs is 5. The van der Waals surface area contributed by atoms with E-state index in [2.05, 4.69) is 157 Å². The van der Waals surface area contributed by atoms with E-state index in [1.165, 1.54) is 76.9 Å². The van der Waals surface area contributed by atoms with Crippen LogP contribution in [0.25, 0.3) is 71.3 Å². The standard InChI is InChI=1S/C39H27N/c1-26-12-10-13-27(24-26)38-32-18-2-4-20-34(32)39(35-21-5-3-19-33(35)38)28-14-11-15-29(25-28)40-36-22-8-6-16-30(36)31-17-7-9-23-37(31)40/h2-25H,1H3. The first-order chi connectivity index (χ1) is 19.8. The molecule has 188 valence electrons. The molecule has 0 amide bonds. The van der Waals surface area contributed by atoms with Crippen LogP contribution in [0.5, 0.6) is 0 Å². The fraction of sp³-hybridized carbons (Fsp3) is 0.0256. The molecule has 8 rings (SSSR count). The summed E-state index contributed by atoms with van der Waals surface area (Å²) in [5.41, 5.74) is 9.97. The van der Waals surface area contributed by atoms with Crippen molar-refractivity contribution in [2.45, 2.75) is 6.92 Å². The van der Waals surface area contributed by atoms with E-state index in [4.69, 9.17) is 0 Å². The maximum absolute atomic E-state index is 2.40. The number of benzene rings is 7. The van der Waals surface area contributed by atoms with E-state index in [0.717, 1.165) is 0 Å². The summed E-state index contributed by atoms with van der Waals surface area (Å²) >= 11 is 0. The van der Waals surface area contributed by atoms with Crippen LogP contribution in [-0.2, 0) is 0 Å². The lowest BCUT2D eigenvalue weighted by molar-refractivity contribution is 1.18. The molecule has 0 unspecified atom stereocenters. The first-order valence-electron chi connectivity index (χ1n) is 13.9. The number of nitrogens with zero attached hydrogens (tertiary/aromatic N) is 1. The fourth-order valence-electron chi connectivity index (χ4n) is 6.55. The molecular formula is C39H27N. The molecule has 0 aliphatic heterocycles. The number of aromatic nitrogens is 1. The molecule has 0 atom stereocenters. The monoisotopic (exact) mass is 509 g/mol. The molecule has 1 aromatic heterocycles. The fourth-order valence-corrected chi connectivity index (χ4v) is 6.55. The van der Waals surface area contributed by atoms with Crippen LogP contribution in [0.15, 0.2) is 146 Å². The molecule has 0 bridgehead atoms. The number of para-hydroxylation sites is 2. The minimum atomic E-state index is 1.17. The normalized spacial score (nSPS) is 11.6. The highest BCUT2D eigenvalue weighted by atomic mass is 15.0. The predicted octanol–water partition coefficient (Wildman–Crippen LogP) is 10.7. The van der Waals surface area contributed by atoms with Crippen molar-refractivity contribution in [3.63, 3.8) is 0 Å². The Hall–Kier alpha value is -5.14. The zero-order valence-electron chi connectivity index (χ0n) is 22.3. The summed E-state index contributed by atoms with van der Waals surface area (Å²) in [5.74, 6) is 0. The number of rotatable bonds is 3. The second kappa shape index (κ2) is 8.97. The van der Waals surface area contributed by atoms with Crippen LogP contribution in [0.3, 0.4) is 0 Å². The van der Waals surface area contributed by atoms with Crippen molar-refractivity contribution in [1.29, 1.82) is 0 Å². The van der Waals surface area contributed by atoms with Crippen LogP contribution < -0.4 is 0 Å². The highest BCUT2D eigenvalue weighted by Crippen LogP contribution is 2.44. The third-order valence-electron chi connectivity index (χ3n) is 8.21. The average molecular weight is 510 g/mol. The Morgan fingerprint density at radius 3 is 1.30 bits per heavy atom. The van der Waals surface area contributed by atoms with Gasteiger partial charge in [-0.3, -0.25) is 0 Å². The van der Waals surface area contributed by atoms with Gasteiger partial charge in [-0.2, -0.15) is 0 Å². The minimum absolute atomic E-state index is 1.17. The lowest BCUT2D eigenvalue weighted by atomic mass is 9.85. The highest BCUT2D eigenvalue weighted by molar-refractivity contribution is 6.21. The van der Waals surface area contributed by atoms with Crippen molar-refractivity contribution < 1.29 is 0 Å². The smallest absolute Gasteiger partial charge is 0.0541 e. The van der Waals surface area contributed by atoms with Gasteiger partial charge in [0.25, 0.3) is 0 Å². The summed E-state index contributed by atoms with van der Waals surface area (Å²) < 4.78 is 2.40. The van der Waals surface area contributed by atoms with E-state index in [9.17, 15) is 0 Å². The van der Waals surface area contributed by atoms with Crippen molar-refractivity contribution in [3.05, 3.63) is 151 Å². The van der Waals surface area contributed by atoms with E-state index >= 15 is 0 Å².